The number of sulfone groups is 1. The Hall–Kier alpha value is -1.50. The maximum absolute atomic E-state index is 12.0. The number of nitrogens with zero attached hydrogens (tertiary/aromatic N) is 2. The van der Waals surface area contributed by atoms with Gasteiger partial charge in [-0.1, -0.05) is 13.8 Å². The van der Waals surface area contributed by atoms with Crippen LogP contribution in [-0.2, 0) is 14.6 Å². The van der Waals surface area contributed by atoms with Crippen LogP contribution < -0.4 is 5.32 Å². The van der Waals surface area contributed by atoms with Gasteiger partial charge in [0, 0.05) is 18.4 Å². The van der Waals surface area contributed by atoms with E-state index in [9.17, 15) is 13.2 Å². The van der Waals surface area contributed by atoms with Crippen molar-refractivity contribution in [3.63, 3.8) is 0 Å². The predicted octanol–water partition coefficient (Wildman–Crippen LogP) is 1.50. The predicted molar refractivity (Wildman–Crippen MR) is 80.5 cm³/mol. The summed E-state index contributed by atoms with van der Waals surface area (Å²) in [5.41, 5.74) is 0.765. The molecule has 0 saturated heterocycles. The van der Waals surface area contributed by atoms with Crippen molar-refractivity contribution in [2.24, 2.45) is 5.92 Å². The van der Waals surface area contributed by atoms with Crippen molar-refractivity contribution in [3.8, 4) is 0 Å². The number of carbonyl (C=O) groups is 1. The lowest BCUT2D eigenvalue weighted by atomic mass is 10.0. The minimum absolute atomic E-state index is 0.0472. The number of aryl methyl sites for hydroxylation is 1. The number of rotatable bonds is 7. The highest BCUT2D eigenvalue weighted by Gasteiger charge is 2.23. The second-order valence-electron chi connectivity index (χ2n) is 5.74. The van der Waals surface area contributed by atoms with Crippen molar-refractivity contribution in [1.29, 1.82) is 0 Å². The second-order valence-corrected chi connectivity index (χ2v) is 7.63. The summed E-state index contributed by atoms with van der Waals surface area (Å²) in [4.78, 5) is 19.3. The van der Waals surface area contributed by atoms with Crippen molar-refractivity contribution in [1.82, 2.24) is 15.3 Å². The first kappa shape index (κ1) is 17.6. The molecule has 1 N–H and O–H groups in total. The Morgan fingerprint density at radius 3 is 2.29 bits per heavy atom. The van der Waals surface area contributed by atoms with Gasteiger partial charge in [-0.2, -0.15) is 0 Å². The first-order valence-electron chi connectivity index (χ1n) is 7.01. The fourth-order valence-electron chi connectivity index (χ4n) is 1.75. The van der Waals surface area contributed by atoms with Crippen molar-refractivity contribution in [3.05, 3.63) is 18.0 Å². The van der Waals surface area contributed by atoms with Gasteiger partial charge in [0.15, 0.2) is 0 Å². The molecule has 1 aromatic heterocycles. The molecule has 0 aromatic carbocycles. The molecule has 0 spiro atoms. The van der Waals surface area contributed by atoms with E-state index in [2.05, 4.69) is 29.1 Å². The van der Waals surface area contributed by atoms with Gasteiger partial charge in [-0.25, -0.2) is 18.4 Å². The number of aromatic nitrogens is 2. The molecule has 0 aliphatic heterocycles. The van der Waals surface area contributed by atoms with E-state index in [1.807, 2.05) is 6.92 Å². The zero-order chi connectivity index (χ0) is 16.0. The Kier molecular flexibility index (Phi) is 6.26. The summed E-state index contributed by atoms with van der Waals surface area (Å²) in [6.07, 6.45) is 4.64. The highest BCUT2D eigenvalue weighted by Crippen LogP contribution is 2.08. The maximum atomic E-state index is 12.0. The normalized spacial score (nSPS) is 13.2. The standard InChI is InChI=1S/C14H23N3O3S/c1-10(2)5-6-12(4)17-13(18)9-21(19,20)14-15-7-11(3)8-16-14/h7-8,10,12H,5-6,9H2,1-4H3,(H,17,18)/t12-/m1/s1. The van der Waals surface area contributed by atoms with Gasteiger partial charge in [0.1, 0.15) is 5.75 Å². The molecule has 6 nitrogen and oxygen atoms in total. The Balaban J connectivity index is 2.59. The lowest BCUT2D eigenvalue weighted by Crippen LogP contribution is -2.37. The van der Waals surface area contributed by atoms with Crippen LogP contribution in [0.15, 0.2) is 17.6 Å². The Morgan fingerprint density at radius 2 is 1.76 bits per heavy atom. The van der Waals surface area contributed by atoms with Crippen LogP contribution in [0.25, 0.3) is 0 Å². The Labute approximate surface area is 126 Å². The third kappa shape index (κ3) is 6.20. The van der Waals surface area contributed by atoms with Crippen LogP contribution in [0, 0.1) is 12.8 Å². The smallest absolute Gasteiger partial charge is 0.247 e. The largest absolute Gasteiger partial charge is 0.353 e. The third-order valence-corrected chi connectivity index (χ3v) is 4.35. The van der Waals surface area contributed by atoms with Crippen LogP contribution >= 0.6 is 0 Å². The summed E-state index contributed by atoms with van der Waals surface area (Å²) in [7, 11) is -3.79. The summed E-state index contributed by atoms with van der Waals surface area (Å²) in [6, 6.07) is -0.0472. The van der Waals surface area contributed by atoms with Crippen molar-refractivity contribution in [2.45, 2.75) is 51.7 Å². The number of nitrogens with one attached hydrogen (secondary N) is 1. The number of carbonyl (C=O) groups excluding carboxylic acids is 1. The zero-order valence-corrected chi connectivity index (χ0v) is 13.8. The van der Waals surface area contributed by atoms with Gasteiger partial charge in [0.05, 0.1) is 0 Å². The molecule has 0 aliphatic carbocycles. The summed E-state index contributed by atoms with van der Waals surface area (Å²) in [5.74, 6) is -0.591. The molecular weight excluding hydrogens is 290 g/mol. The van der Waals surface area contributed by atoms with Crippen molar-refractivity contribution in [2.75, 3.05) is 5.75 Å². The quantitative estimate of drug-likeness (QED) is 0.771. The molecule has 1 aromatic rings. The Morgan fingerprint density at radius 1 is 1.19 bits per heavy atom. The monoisotopic (exact) mass is 313 g/mol. The molecule has 1 atom stereocenters. The molecule has 0 radical (unpaired) electrons. The van der Waals surface area contributed by atoms with Crippen LogP contribution in [0.5, 0.6) is 0 Å². The van der Waals surface area contributed by atoms with Gasteiger partial charge in [0.25, 0.3) is 0 Å². The van der Waals surface area contributed by atoms with E-state index in [0.29, 0.717) is 5.92 Å². The van der Waals surface area contributed by atoms with E-state index in [1.165, 1.54) is 12.4 Å². The number of hydrogen-bond donors (Lipinski definition) is 1. The van der Waals surface area contributed by atoms with E-state index in [4.69, 9.17) is 0 Å². The lowest BCUT2D eigenvalue weighted by Gasteiger charge is -2.14. The van der Waals surface area contributed by atoms with E-state index in [1.54, 1.807) is 6.92 Å². The van der Waals surface area contributed by atoms with Gasteiger partial charge in [-0.05, 0) is 38.2 Å². The SMILES string of the molecule is Cc1cnc(S(=O)(=O)CC(=O)N[C@H](C)CCC(C)C)nc1. The van der Waals surface area contributed by atoms with Gasteiger partial charge in [0.2, 0.25) is 20.9 Å². The lowest BCUT2D eigenvalue weighted by molar-refractivity contribution is -0.119. The minimum atomic E-state index is -3.79. The van der Waals surface area contributed by atoms with Crippen LogP contribution in [-0.4, -0.2) is 36.1 Å². The summed E-state index contributed by atoms with van der Waals surface area (Å²) in [6.45, 7) is 7.84. The van der Waals surface area contributed by atoms with Crippen LogP contribution in [0.1, 0.15) is 39.2 Å². The fraction of sp³-hybridized carbons (Fsp3) is 0.643. The minimum Gasteiger partial charge on any atom is -0.353 e. The molecule has 21 heavy (non-hydrogen) atoms. The first-order chi connectivity index (χ1) is 9.70. The second kappa shape index (κ2) is 7.49. The topological polar surface area (TPSA) is 89.0 Å². The zero-order valence-electron chi connectivity index (χ0n) is 13.0. The van der Waals surface area contributed by atoms with Gasteiger partial charge in [-0.15, -0.1) is 0 Å². The summed E-state index contributed by atoms with van der Waals surface area (Å²) in [5, 5.41) is 2.39. The molecule has 1 rings (SSSR count). The summed E-state index contributed by atoms with van der Waals surface area (Å²) >= 11 is 0. The number of hydrogen-bond acceptors (Lipinski definition) is 5. The molecule has 1 heterocycles. The fourth-order valence-corrected chi connectivity index (χ4v) is 2.73. The van der Waals surface area contributed by atoms with Crippen LogP contribution in [0.3, 0.4) is 0 Å². The molecule has 0 aliphatic rings. The van der Waals surface area contributed by atoms with Gasteiger partial charge < -0.3 is 5.32 Å². The number of amides is 1. The highest BCUT2D eigenvalue weighted by atomic mass is 32.2. The van der Waals surface area contributed by atoms with Crippen molar-refractivity contribution >= 4 is 15.7 Å². The van der Waals surface area contributed by atoms with Crippen molar-refractivity contribution < 1.29 is 13.2 Å². The highest BCUT2D eigenvalue weighted by molar-refractivity contribution is 7.91. The average Bonchev–Trinajstić information content (AvgIpc) is 2.36. The van der Waals surface area contributed by atoms with E-state index in [-0.39, 0.29) is 11.2 Å². The van der Waals surface area contributed by atoms with E-state index in [0.717, 1.165) is 18.4 Å². The molecular formula is C14H23N3O3S. The van der Waals surface area contributed by atoms with Gasteiger partial charge >= 0.3 is 0 Å². The van der Waals surface area contributed by atoms with Gasteiger partial charge in [-0.3, -0.25) is 4.79 Å². The first-order valence-corrected chi connectivity index (χ1v) is 8.66. The van der Waals surface area contributed by atoms with Crippen LogP contribution in [0.4, 0.5) is 0 Å². The molecule has 0 bridgehead atoms. The molecule has 0 fully saturated rings. The van der Waals surface area contributed by atoms with E-state index < -0.39 is 21.5 Å². The average molecular weight is 313 g/mol. The summed E-state index contributed by atoms with van der Waals surface area (Å²) < 4.78 is 24.0. The van der Waals surface area contributed by atoms with E-state index >= 15 is 0 Å². The van der Waals surface area contributed by atoms with Crippen LogP contribution in [0.2, 0.25) is 0 Å². The molecule has 0 unspecified atom stereocenters. The Bertz CT molecular complexity index is 568. The molecule has 7 heteroatoms. The molecule has 118 valence electrons. The third-order valence-electron chi connectivity index (χ3n) is 2.94. The maximum Gasteiger partial charge on any atom is 0.247 e. The molecule has 1 amide bonds. The molecule has 0 saturated carbocycles.